The average Bonchev–Trinajstić information content (AvgIpc) is 2.47. The smallest absolute Gasteiger partial charge is 0.338 e. The molecule has 0 aliphatic carbocycles. The second-order valence-electron chi connectivity index (χ2n) is 3.60. The molecule has 0 bridgehead atoms. The van der Waals surface area contributed by atoms with Gasteiger partial charge in [0.25, 0.3) is 0 Å². The predicted octanol–water partition coefficient (Wildman–Crippen LogP) is 1.48. The molecular weight excluding hydrogens is 252 g/mol. The van der Waals surface area contributed by atoms with Crippen molar-refractivity contribution in [2.24, 2.45) is 0 Å². The number of hydrogen-bond donors (Lipinski definition) is 0. The van der Waals surface area contributed by atoms with Crippen LogP contribution in [-0.2, 0) is 14.2 Å². The SMILES string of the molecule is COC(=O)c1cc(OC)cc(OCC(OC)OC)c1. The minimum atomic E-state index is -0.479. The summed E-state index contributed by atoms with van der Waals surface area (Å²) in [6.45, 7) is 0.195. The Morgan fingerprint density at radius 2 is 1.68 bits per heavy atom. The van der Waals surface area contributed by atoms with E-state index >= 15 is 0 Å². The molecule has 1 rings (SSSR count). The van der Waals surface area contributed by atoms with E-state index in [0.717, 1.165) is 0 Å². The van der Waals surface area contributed by atoms with Crippen LogP contribution in [0.1, 0.15) is 10.4 Å². The highest BCUT2D eigenvalue weighted by molar-refractivity contribution is 5.90. The summed E-state index contributed by atoms with van der Waals surface area (Å²) in [6, 6.07) is 4.80. The molecule has 0 amide bonds. The summed E-state index contributed by atoms with van der Waals surface area (Å²) in [4.78, 5) is 11.5. The van der Waals surface area contributed by atoms with Crippen molar-refractivity contribution in [2.75, 3.05) is 35.0 Å². The second-order valence-corrected chi connectivity index (χ2v) is 3.60. The van der Waals surface area contributed by atoms with E-state index < -0.39 is 12.3 Å². The standard InChI is InChI=1S/C13H18O6/c1-15-10-5-9(13(14)18-4)6-11(7-10)19-8-12(16-2)17-3/h5-7,12H,8H2,1-4H3. The molecule has 0 radical (unpaired) electrons. The summed E-state index contributed by atoms with van der Waals surface area (Å²) in [5.74, 6) is 0.516. The molecule has 0 N–H and O–H groups in total. The maximum Gasteiger partial charge on any atom is 0.338 e. The molecule has 6 nitrogen and oxygen atoms in total. The van der Waals surface area contributed by atoms with E-state index in [0.29, 0.717) is 17.1 Å². The lowest BCUT2D eigenvalue weighted by Gasteiger charge is -2.15. The number of ether oxygens (including phenoxy) is 5. The Morgan fingerprint density at radius 1 is 1.05 bits per heavy atom. The zero-order valence-electron chi connectivity index (χ0n) is 11.5. The van der Waals surface area contributed by atoms with Crippen LogP contribution in [-0.4, -0.2) is 47.3 Å². The topological polar surface area (TPSA) is 63.2 Å². The fourth-order valence-electron chi connectivity index (χ4n) is 1.41. The van der Waals surface area contributed by atoms with Crippen LogP contribution < -0.4 is 9.47 Å². The third-order valence-corrected chi connectivity index (χ3v) is 2.45. The number of methoxy groups -OCH3 is 4. The number of esters is 1. The van der Waals surface area contributed by atoms with Gasteiger partial charge >= 0.3 is 5.97 Å². The van der Waals surface area contributed by atoms with Crippen LogP contribution >= 0.6 is 0 Å². The number of carbonyl (C=O) groups is 1. The molecule has 0 saturated heterocycles. The van der Waals surface area contributed by atoms with E-state index in [1.807, 2.05) is 0 Å². The van der Waals surface area contributed by atoms with Gasteiger partial charge in [-0.05, 0) is 12.1 Å². The molecule has 0 heterocycles. The first kappa shape index (κ1) is 15.3. The number of rotatable bonds is 7. The Bertz CT molecular complexity index is 414. The van der Waals surface area contributed by atoms with Crippen LogP contribution in [0, 0.1) is 0 Å². The lowest BCUT2D eigenvalue weighted by molar-refractivity contribution is -0.121. The van der Waals surface area contributed by atoms with Crippen molar-refractivity contribution in [3.05, 3.63) is 23.8 Å². The fraction of sp³-hybridized carbons (Fsp3) is 0.462. The van der Waals surface area contributed by atoms with Crippen LogP contribution in [0.5, 0.6) is 11.5 Å². The van der Waals surface area contributed by atoms with Gasteiger partial charge in [-0.1, -0.05) is 0 Å². The van der Waals surface area contributed by atoms with Crippen molar-refractivity contribution in [3.63, 3.8) is 0 Å². The van der Waals surface area contributed by atoms with Gasteiger partial charge in [-0.3, -0.25) is 0 Å². The highest BCUT2D eigenvalue weighted by atomic mass is 16.7. The molecule has 0 spiro atoms. The van der Waals surface area contributed by atoms with E-state index in [9.17, 15) is 4.79 Å². The monoisotopic (exact) mass is 270 g/mol. The van der Waals surface area contributed by atoms with Gasteiger partial charge in [0.2, 0.25) is 0 Å². The Balaban J connectivity index is 2.84. The van der Waals surface area contributed by atoms with Crippen LogP contribution in [0.25, 0.3) is 0 Å². The summed E-state index contributed by atoms with van der Waals surface area (Å²) in [6.07, 6.45) is -0.479. The minimum Gasteiger partial charge on any atom is -0.497 e. The maximum absolute atomic E-state index is 11.5. The van der Waals surface area contributed by atoms with Crippen LogP contribution in [0.15, 0.2) is 18.2 Å². The van der Waals surface area contributed by atoms with Gasteiger partial charge in [-0.15, -0.1) is 0 Å². The molecule has 0 aliphatic rings. The molecule has 0 unspecified atom stereocenters. The lowest BCUT2D eigenvalue weighted by Crippen LogP contribution is -2.22. The molecule has 19 heavy (non-hydrogen) atoms. The quantitative estimate of drug-likeness (QED) is 0.552. The highest BCUT2D eigenvalue weighted by Crippen LogP contribution is 2.23. The minimum absolute atomic E-state index is 0.195. The van der Waals surface area contributed by atoms with Gasteiger partial charge in [0.1, 0.15) is 18.1 Å². The molecule has 1 aromatic carbocycles. The van der Waals surface area contributed by atoms with Crippen LogP contribution in [0.4, 0.5) is 0 Å². The Hall–Kier alpha value is -1.79. The molecule has 0 atom stereocenters. The summed E-state index contributed by atoms with van der Waals surface area (Å²) in [5.41, 5.74) is 0.350. The van der Waals surface area contributed by atoms with Crippen molar-refractivity contribution >= 4 is 5.97 Å². The summed E-state index contributed by atoms with van der Waals surface area (Å²) >= 11 is 0. The van der Waals surface area contributed by atoms with Crippen molar-refractivity contribution in [3.8, 4) is 11.5 Å². The average molecular weight is 270 g/mol. The van der Waals surface area contributed by atoms with Gasteiger partial charge in [0, 0.05) is 20.3 Å². The summed E-state index contributed by atoms with van der Waals surface area (Å²) in [7, 11) is 5.85. The molecule has 0 saturated carbocycles. The van der Waals surface area contributed by atoms with Crippen molar-refractivity contribution in [1.29, 1.82) is 0 Å². The maximum atomic E-state index is 11.5. The number of benzene rings is 1. The summed E-state index contributed by atoms with van der Waals surface area (Å²) < 4.78 is 25.3. The largest absolute Gasteiger partial charge is 0.497 e. The van der Waals surface area contributed by atoms with Crippen molar-refractivity contribution in [1.82, 2.24) is 0 Å². The first-order chi connectivity index (χ1) is 9.14. The van der Waals surface area contributed by atoms with E-state index in [4.69, 9.17) is 18.9 Å². The summed E-state index contributed by atoms with van der Waals surface area (Å²) in [5, 5.41) is 0. The Labute approximate surface area is 112 Å². The highest BCUT2D eigenvalue weighted by Gasteiger charge is 2.12. The first-order valence-corrected chi connectivity index (χ1v) is 5.60. The van der Waals surface area contributed by atoms with Gasteiger partial charge in [-0.25, -0.2) is 4.79 Å². The third kappa shape index (κ3) is 4.42. The van der Waals surface area contributed by atoms with Crippen molar-refractivity contribution in [2.45, 2.75) is 6.29 Å². The van der Waals surface area contributed by atoms with E-state index in [-0.39, 0.29) is 6.61 Å². The predicted molar refractivity (Wildman–Crippen MR) is 67.6 cm³/mol. The van der Waals surface area contributed by atoms with Crippen LogP contribution in [0.3, 0.4) is 0 Å². The molecule has 0 aromatic heterocycles. The molecular formula is C13H18O6. The van der Waals surface area contributed by atoms with Crippen molar-refractivity contribution < 1.29 is 28.5 Å². The van der Waals surface area contributed by atoms with E-state index in [2.05, 4.69) is 4.74 Å². The normalized spacial score (nSPS) is 10.4. The van der Waals surface area contributed by atoms with Gasteiger partial charge in [-0.2, -0.15) is 0 Å². The molecule has 6 heteroatoms. The Morgan fingerprint density at radius 3 is 2.21 bits per heavy atom. The number of carbonyl (C=O) groups excluding carboxylic acids is 1. The van der Waals surface area contributed by atoms with Gasteiger partial charge in [0.15, 0.2) is 6.29 Å². The zero-order valence-corrected chi connectivity index (χ0v) is 11.5. The van der Waals surface area contributed by atoms with Gasteiger partial charge < -0.3 is 23.7 Å². The zero-order chi connectivity index (χ0) is 14.3. The van der Waals surface area contributed by atoms with Gasteiger partial charge in [0.05, 0.1) is 19.8 Å². The molecule has 0 aliphatic heterocycles. The molecule has 106 valence electrons. The van der Waals surface area contributed by atoms with E-state index in [1.54, 1.807) is 18.2 Å². The fourth-order valence-corrected chi connectivity index (χ4v) is 1.41. The lowest BCUT2D eigenvalue weighted by atomic mass is 10.2. The third-order valence-electron chi connectivity index (χ3n) is 2.45. The molecule has 1 aromatic rings. The number of hydrogen-bond acceptors (Lipinski definition) is 6. The molecule has 0 fully saturated rings. The van der Waals surface area contributed by atoms with E-state index in [1.165, 1.54) is 28.4 Å². The second kappa shape index (κ2) is 7.60. The first-order valence-electron chi connectivity index (χ1n) is 5.60. The Kier molecular flexibility index (Phi) is 6.11. The van der Waals surface area contributed by atoms with Crippen LogP contribution in [0.2, 0.25) is 0 Å².